The van der Waals surface area contributed by atoms with Crippen molar-refractivity contribution < 1.29 is 13.9 Å². The highest BCUT2D eigenvalue weighted by molar-refractivity contribution is 5.67. The predicted octanol–water partition coefficient (Wildman–Crippen LogP) is 2.29. The number of halogens is 1. The summed E-state index contributed by atoms with van der Waals surface area (Å²) in [4.78, 5) is 13.7. The zero-order valence-corrected chi connectivity index (χ0v) is 15.1. The van der Waals surface area contributed by atoms with Gasteiger partial charge in [0.15, 0.2) is 0 Å². The Morgan fingerprint density at radius 1 is 1.27 bits per heavy atom. The molecule has 2 heterocycles. The van der Waals surface area contributed by atoms with E-state index in [1.54, 1.807) is 4.90 Å². The van der Waals surface area contributed by atoms with Gasteiger partial charge in [0.1, 0.15) is 5.67 Å². The number of rotatable bonds is 6. The lowest BCUT2D eigenvalue weighted by Crippen LogP contribution is -2.50. The van der Waals surface area contributed by atoms with Gasteiger partial charge in [0, 0.05) is 63.4 Å². The molecule has 142 valence electrons. The van der Waals surface area contributed by atoms with E-state index in [1.807, 2.05) is 6.07 Å². The summed E-state index contributed by atoms with van der Waals surface area (Å²) >= 11 is 0. The van der Waals surface area contributed by atoms with E-state index >= 15 is 4.39 Å². The van der Waals surface area contributed by atoms with Crippen LogP contribution < -0.4 is 10.6 Å². The number of carbonyl (C=O) groups excluding carboxylic acids is 1. The van der Waals surface area contributed by atoms with E-state index in [0.29, 0.717) is 57.0 Å². The predicted molar refractivity (Wildman–Crippen MR) is 97.9 cm³/mol. The Balaban J connectivity index is 1.17. The minimum Gasteiger partial charge on any atom is -0.449 e. The zero-order chi connectivity index (χ0) is 18.0. The fourth-order valence-corrected chi connectivity index (χ4v) is 3.82. The standard InChI is InChI=1S/C20H28FN3O2/c21-20(14-23-18-10-17(18)16-4-2-1-3-5-16)6-8-24(9-7-20)19(25)26-13-15-11-22-12-15/h1-5,15,17-18,22-23H,6-14H2. The van der Waals surface area contributed by atoms with Gasteiger partial charge in [0.25, 0.3) is 0 Å². The van der Waals surface area contributed by atoms with E-state index in [2.05, 4.69) is 34.9 Å². The molecule has 4 rings (SSSR count). The molecule has 6 heteroatoms. The first-order valence-corrected chi connectivity index (χ1v) is 9.73. The molecular formula is C20H28FN3O2. The third-order valence-electron chi connectivity index (χ3n) is 5.93. The molecule has 3 fully saturated rings. The molecule has 26 heavy (non-hydrogen) atoms. The van der Waals surface area contributed by atoms with Gasteiger partial charge in [-0.15, -0.1) is 0 Å². The van der Waals surface area contributed by atoms with Crippen molar-refractivity contribution in [2.24, 2.45) is 5.92 Å². The molecular weight excluding hydrogens is 333 g/mol. The van der Waals surface area contributed by atoms with E-state index in [-0.39, 0.29) is 6.09 Å². The first-order valence-electron chi connectivity index (χ1n) is 9.73. The van der Waals surface area contributed by atoms with Crippen molar-refractivity contribution in [1.82, 2.24) is 15.5 Å². The van der Waals surface area contributed by atoms with E-state index in [1.165, 1.54) is 5.56 Å². The van der Waals surface area contributed by atoms with Crippen molar-refractivity contribution >= 4 is 6.09 Å². The van der Waals surface area contributed by atoms with Gasteiger partial charge in [-0.1, -0.05) is 30.3 Å². The van der Waals surface area contributed by atoms with Gasteiger partial charge < -0.3 is 20.3 Å². The van der Waals surface area contributed by atoms with Crippen LogP contribution in [0.4, 0.5) is 9.18 Å². The number of alkyl halides is 1. The average Bonchev–Trinajstić information content (AvgIpc) is 3.40. The van der Waals surface area contributed by atoms with E-state index < -0.39 is 5.67 Å². The lowest BCUT2D eigenvalue weighted by Gasteiger charge is -2.36. The lowest BCUT2D eigenvalue weighted by atomic mass is 9.93. The Morgan fingerprint density at radius 3 is 2.65 bits per heavy atom. The molecule has 0 spiro atoms. The molecule has 0 radical (unpaired) electrons. The molecule has 2 atom stereocenters. The summed E-state index contributed by atoms with van der Waals surface area (Å²) < 4.78 is 20.4. The van der Waals surface area contributed by atoms with Crippen molar-refractivity contribution in [3.63, 3.8) is 0 Å². The second kappa shape index (κ2) is 7.53. The van der Waals surface area contributed by atoms with Gasteiger partial charge in [0.05, 0.1) is 6.61 Å². The summed E-state index contributed by atoms with van der Waals surface area (Å²) in [6, 6.07) is 10.8. The summed E-state index contributed by atoms with van der Waals surface area (Å²) in [5.74, 6) is 0.945. The summed E-state index contributed by atoms with van der Waals surface area (Å²) in [7, 11) is 0. The Bertz CT molecular complexity index is 615. The van der Waals surface area contributed by atoms with Crippen molar-refractivity contribution in [2.75, 3.05) is 39.3 Å². The van der Waals surface area contributed by atoms with E-state index in [9.17, 15) is 4.79 Å². The van der Waals surface area contributed by atoms with E-state index in [4.69, 9.17) is 4.74 Å². The van der Waals surface area contributed by atoms with Crippen LogP contribution in [0.15, 0.2) is 30.3 Å². The molecule has 1 saturated carbocycles. The van der Waals surface area contributed by atoms with Crippen molar-refractivity contribution in [3.05, 3.63) is 35.9 Å². The van der Waals surface area contributed by atoms with Crippen molar-refractivity contribution in [2.45, 2.75) is 36.9 Å². The smallest absolute Gasteiger partial charge is 0.409 e. The van der Waals surface area contributed by atoms with Gasteiger partial charge in [-0.3, -0.25) is 0 Å². The van der Waals surface area contributed by atoms with Gasteiger partial charge in [-0.25, -0.2) is 9.18 Å². The average molecular weight is 361 g/mol. The van der Waals surface area contributed by atoms with Crippen LogP contribution in [-0.4, -0.2) is 62.0 Å². The molecule has 1 aromatic rings. The van der Waals surface area contributed by atoms with Crippen LogP contribution in [0.3, 0.4) is 0 Å². The Hall–Kier alpha value is -1.66. The van der Waals surface area contributed by atoms with Crippen LogP contribution in [0, 0.1) is 5.92 Å². The zero-order valence-electron chi connectivity index (χ0n) is 15.1. The number of piperidine rings is 1. The third kappa shape index (κ3) is 4.18. The number of nitrogens with one attached hydrogen (secondary N) is 2. The van der Waals surface area contributed by atoms with Crippen LogP contribution in [0.2, 0.25) is 0 Å². The molecule has 2 aliphatic heterocycles. The maximum Gasteiger partial charge on any atom is 0.409 e. The molecule has 0 bridgehead atoms. The minimum absolute atomic E-state index is 0.293. The normalized spacial score (nSPS) is 27.7. The summed E-state index contributed by atoms with van der Waals surface area (Å²) in [5, 5.41) is 6.55. The highest BCUT2D eigenvalue weighted by Crippen LogP contribution is 2.41. The second-order valence-electron chi connectivity index (χ2n) is 7.98. The summed E-state index contributed by atoms with van der Waals surface area (Å²) in [6.07, 6.45) is 1.54. The highest BCUT2D eigenvalue weighted by atomic mass is 19.1. The van der Waals surface area contributed by atoms with Crippen molar-refractivity contribution in [3.8, 4) is 0 Å². The number of ether oxygens (including phenoxy) is 1. The lowest BCUT2D eigenvalue weighted by molar-refractivity contribution is 0.0347. The third-order valence-corrected chi connectivity index (χ3v) is 5.93. The van der Waals surface area contributed by atoms with Crippen LogP contribution in [0.5, 0.6) is 0 Å². The molecule has 2 saturated heterocycles. The Labute approximate surface area is 154 Å². The fourth-order valence-electron chi connectivity index (χ4n) is 3.82. The topological polar surface area (TPSA) is 53.6 Å². The summed E-state index contributed by atoms with van der Waals surface area (Å²) in [5.41, 5.74) is 0.107. The quantitative estimate of drug-likeness (QED) is 0.816. The number of hydrogen-bond acceptors (Lipinski definition) is 4. The van der Waals surface area contributed by atoms with Crippen LogP contribution in [0.25, 0.3) is 0 Å². The molecule has 2 unspecified atom stereocenters. The Kier molecular flexibility index (Phi) is 5.14. The Morgan fingerprint density at radius 2 is 2.00 bits per heavy atom. The van der Waals surface area contributed by atoms with Gasteiger partial charge in [0.2, 0.25) is 0 Å². The SMILES string of the molecule is O=C(OCC1CNC1)N1CCC(F)(CNC2CC2c2ccccc2)CC1. The number of benzene rings is 1. The molecule has 3 aliphatic rings. The highest BCUT2D eigenvalue weighted by Gasteiger charge is 2.42. The van der Waals surface area contributed by atoms with Gasteiger partial charge in [-0.05, 0) is 12.0 Å². The maximum atomic E-state index is 15.1. The number of carbonyl (C=O) groups is 1. The van der Waals surface area contributed by atoms with Crippen molar-refractivity contribution in [1.29, 1.82) is 0 Å². The molecule has 1 amide bonds. The fraction of sp³-hybridized carbons (Fsp3) is 0.650. The van der Waals surface area contributed by atoms with Crippen LogP contribution >= 0.6 is 0 Å². The maximum absolute atomic E-state index is 15.1. The first kappa shape index (κ1) is 17.7. The minimum atomic E-state index is -1.22. The largest absolute Gasteiger partial charge is 0.449 e. The number of likely N-dealkylation sites (tertiary alicyclic amines) is 1. The van der Waals surface area contributed by atoms with E-state index in [0.717, 1.165) is 19.5 Å². The first-order chi connectivity index (χ1) is 12.6. The van der Waals surface area contributed by atoms with Gasteiger partial charge in [-0.2, -0.15) is 0 Å². The molecule has 0 aromatic heterocycles. The molecule has 2 N–H and O–H groups in total. The molecule has 5 nitrogen and oxygen atoms in total. The summed E-state index contributed by atoms with van der Waals surface area (Å²) in [6.45, 7) is 3.54. The number of nitrogens with zero attached hydrogens (tertiary/aromatic N) is 1. The molecule has 1 aromatic carbocycles. The van der Waals surface area contributed by atoms with Crippen LogP contribution in [-0.2, 0) is 4.74 Å². The van der Waals surface area contributed by atoms with Crippen LogP contribution in [0.1, 0.15) is 30.7 Å². The number of amides is 1. The second-order valence-corrected chi connectivity index (χ2v) is 7.98. The number of hydrogen-bond donors (Lipinski definition) is 2. The van der Waals surface area contributed by atoms with Gasteiger partial charge >= 0.3 is 6.09 Å². The molecule has 1 aliphatic carbocycles. The monoisotopic (exact) mass is 361 g/mol.